The van der Waals surface area contributed by atoms with Crippen LogP contribution in [-0.2, 0) is 14.3 Å². The van der Waals surface area contributed by atoms with E-state index in [9.17, 15) is 9.59 Å². The zero-order valence-electron chi connectivity index (χ0n) is 15.7. The molecule has 3 unspecified atom stereocenters. The molecule has 1 saturated heterocycles. The van der Waals surface area contributed by atoms with Gasteiger partial charge in [0.05, 0.1) is 21.9 Å². The Morgan fingerprint density at radius 2 is 1.52 bits per heavy atom. The van der Waals surface area contributed by atoms with Crippen molar-refractivity contribution in [3.05, 3.63) is 35.9 Å². The molecule has 4 nitrogen and oxygen atoms in total. The second kappa shape index (κ2) is 6.25. The van der Waals surface area contributed by atoms with Gasteiger partial charge in [-0.15, -0.1) is 0 Å². The Kier molecular flexibility index (Phi) is 4.67. The van der Waals surface area contributed by atoms with Crippen molar-refractivity contribution in [3.8, 4) is 0 Å². The fourth-order valence-corrected chi connectivity index (χ4v) is 24.4. The third-order valence-corrected chi connectivity index (χ3v) is 21.6. The highest BCUT2D eigenvalue weighted by atomic mass is 31.1. The third-order valence-electron chi connectivity index (χ3n) is 4.79. The molecular formula is C18H26NO3PSi2. The summed E-state index contributed by atoms with van der Waals surface area (Å²) in [6.45, 7) is 14.2. The number of hydrogen-bond donors (Lipinski definition) is 0. The molecule has 0 spiro atoms. The lowest BCUT2D eigenvalue weighted by Gasteiger charge is -2.42. The molecule has 1 aromatic carbocycles. The van der Waals surface area contributed by atoms with Crippen LogP contribution in [0.15, 0.2) is 35.1 Å². The summed E-state index contributed by atoms with van der Waals surface area (Å²) in [5.74, 6) is -1.26. The Morgan fingerprint density at radius 3 is 2.04 bits per heavy atom. The van der Waals surface area contributed by atoms with E-state index in [1.807, 2.05) is 30.3 Å². The van der Waals surface area contributed by atoms with E-state index in [0.717, 1.165) is 11.3 Å². The van der Waals surface area contributed by atoms with Crippen LogP contribution in [0.1, 0.15) is 5.56 Å². The normalized spacial score (nSPS) is 26.7. The number of ether oxygens (including phenoxy) is 1. The average molecular weight is 392 g/mol. The molecule has 1 fully saturated rings. The van der Waals surface area contributed by atoms with E-state index in [0.29, 0.717) is 4.91 Å². The van der Waals surface area contributed by atoms with E-state index in [2.05, 4.69) is 39.3 Å². The van der Waals surface area contributed by atoms with E-state index >= 15 is 0 Å². The number of rotatable bonds is 4. The minimum atomic E-state index is -1.56. The monoisotopic (exact) mass is 391 g/mol. The van der Waals surface area contributed by atoms with Gasteiger partial charge >= 0.3 is 11.9 Å². The molecule has 2 heterocycles. The molecule has 7 heteroatoms. The van der Waals surface area contributed by atoms with Gasteiger partial charge in [-0.3, -0.25) is 14.4 Å². The van der Waals surface area contributed by atoms with Crippen molar-refractivity contribution in [1.82, 2.24) is 0 Å². The SMILES string of the molecule is C[Si](C)(C)C(P1N=C(c2ccccc2)C2C(=O)OC(=O)C21)[Si](C)(C)C. The van der Waals surface area contributed by atoms with Gasteiger partial charge in [-0.2, -0.15) is 0 Å². The Hall–Kier alpha value is -1.11. The van der Waals surface area contributed by atoms with Crippen LogP contribution in [0.5, 0.6) is 0 Å². The molecule has 2 aliphatic rings. The minimum absolute atomic E-state index is 0.350. The largest absolute Gasteiger partial charge is 0.392 e. The molecule has 0 radical (unpaired) electrons. The van der Waals surface area contributed by atoms with Crippen molar-refractivity contribution in [3.63, 3.8) is 0 Å². The van der Waals surface area contributed by atoms with Crippen molar-refractivity contribution < 1.29 is 14.3 Å². The number of carbonyl (C=O) groups excluding carboxylic acids is 2. The summed E-state index contributed by atoms with van der Waals surface area (Å²) in [6, 6.07) is 9.80. The maximum atomic E-state index is 12.5. The lowest BCUT2D eigenvalue weighted by atomic mass is 9.95. The topological polar surface area (TPSA) is 55.7 Å². The van der Waals surface area contributed by atoms with E-state index in [-0.39, 0.29) is 11.6 Å². The molecule has 3 rings (SSSR count). The van der Waals surface area contributed by atoms with Gasteiger partial charge in [-0.25, -0.2) is 0 Å². The Balaban J connectivity index is 2.14. The summed E-state index contributed by atoms with van der Waals surface area (Å²) in [6.07, 6.45) is 0. The summed E-state index contributed by atoms with van der Waals surface area (Å²) >= 11 is 0. The first-order valence-corrected chi connectivity index (χ1v) is 17.3. The Bertz CT molecular complexity index is 723. The van der Waals surface area contributed by atoms with Crippen molar-refractivity contribution in [1.29, 1.82) is 0 Å². The van der Waals surface area contributed by atoms with Crippen LogP contribution < -0.4 is 0 Å². The van der Waals surface area contributed by atoms with E-state index < -0.39 is 36.1 Å². The number of cyclic esters (lactones) is 2. The highest BCUT2D eigenvalue weighted by Gasteiger charge is 2.60. The Morgan fingerprint density at radius 1 is 0.960 bits per heavy atom. The predicted octanol–water partition coefficient (Wildman–Crippen LogP) is 4.08. The molecule has 0 N–H and O–H groups in total. The zero-order valence-corrected chi connectivity index (χ0v) is 18.6. The first kappa shape index (κ1) is 18.7. The molecule has 0 saturated carbocycles. The first-order chi connectivity index (χ1) is 11.5. The number of fused-ring (bicyclic) bond motifs is 1. The Labute approximate surface area is 152 Å². The van der Waals surface area contributed by atoms with E-state index in [1.165, 1.54) is 0 Å². The van der Waals surface area contributed by atoms with Crippen molar-refractivity contribution in [2.45, 2.75) is 49.8 Å². The molecule has 2 aliphatic heterocycles. The number of benzene rings is 1. The van der Waals surface area contributed by atoms with Crippen molar-refractivity contribution >= 4 is 41.9 Å². The van der Waals surface area contributed by atoms with Crippen molar-refractivity contribution in [2.24, 2.45) is 10.7 Å². The summed E-state index contributed by atoms with van der Waals surface area (Å²) in [5, 5.41) is 0. The standard InChI is InChI=1S/C18H26NO3PSi2/c1-24(2,3)18(25(4,5)6)23-15-13(16(20)22-17(15)21)14(19-23)12-10-8-7-9-11-12/h7-11,13,15,18H,1-6H3. The van der Waals surface area contributed by atoms with Gasteiger partial charge in [0, 0.05) is 8.07 Å². The molecule has 0 amide bonds. The quantitative estimate of drug-likeness (QED) is 0.336. The molecule has 1 aromatic rings. The molecule has 0 aliphatic carbocycles. The molecule has 3 atom stereocenters. The summed E-state index contributed by atoms with van der Waals surface area (Å²) < 4.78 is 10.2. The van der Waals surface area contributed by atoms with Gasteiger partial charge in [-0.1, -0.05) is 69.6 Å². The van der Waals surface area contributed by atoms with Crippen molar-refractivity contribution in [2.75, 3.05) is 0 Å². The van der Waals surface area contributed by atoms with E-state index in [1.54, 1.807) is 0 Å². The fraction of sp³-hybridized carbons (Fsp3) is 0.500. The maximum Gasteiger partial charge on any atom is 0.324 e. The van der Waals surface area contributed by atoms with Crippen LogP contribution in [-0.4, -0.2) is 44.4 Å². The molecule has 0 bridgehead atoms. The number of carbonyl (C=O) groups is 2. The van der Waals surface area contributed by atoms with Crippen LogP contribution in [0.2, 0.25) is 39.3 Å². The lowest BCUT2D eigenvalue weighted by molar-refractivity contribution is -0.152. The second-order valence-electron chi connectivity index (χ2n) is 9.03. The molecule has 0 aromatic heterocycles. The predicted molar refractivity (Wildman–Crippen MR) is 109 cm³/mol. The van der Waals surface area contributed by atoms with Crippen LogP contribution in [0.3, 0.4) is 0 Å². The third kappa shape index (κ3) is 3.32. The number of nitrogens with zero attached hydrogens (tertiary/aromatic N) is 1. The van der Waals surface area contributed by atoms with Gasteiger partial charge in [0.1, 0.15) is 11.6 Å². The lowest BCUT2D eigenvalue weighted by Crippen LogP contribution is -2.53. The number of esters is 2. The van der Waals surface area contributed by atoms with Crippen LogP contribution in [0.4, 0.5) is 0 Å². The average Bonchev–Trinajstić information content (AvgIpc) is 2.97. The summed E-state index contributed by atoms with van der Waals surface area (Å²) in [7, 11) is -4.07. The zero-order chi connectivity index (χ0) is 18.6. The van der Waals surface area contributed by atoms with Gasteiger partial charge in [0.25, 0.3) is 0 Å². The molecule has 25 heavy (non-hydrogen) atoms. The second-order valence-corrected chi connectivity index (χ2v) is 23.2. The smallest absolute Gasteiger partial charge is 0.324 e. The summed E-state index contributed by atoms with van der Waals surface area (Å²) in [4.78, 5) is 25.4. The van der Waals surface area contributed by atoms with Gasteiger partial charge in [0.15, 0.2) is 0 Å². The first-order valence-electron chi connectivity index (χ1n) is 8.69. The fourth-order valence-electron chi connectivity index (χ4n) is 4.42. The molecule has 134 valence electrons. The summed E-state index contributed by atoms with van der Waals surface area (Å²) in [5.41, 5.74) is 1.34. The van der Waals surface area contributed by atoms with Gasteiger partial charge < -0.3 is 4.74 Å². The maximum absolute atomic E-state index is 12.5. The minimum Gasteiger partial charge on any atom is -0.392 e. The highest BCUT2D eigenvalue weighted by molar-refractivity contribution is 7.66. The van der Waals surface area contributed by atoms with Crippen LogP contribution >= 0.6 is 8.07 Å². The number of hydrogen-bond acceptors (Lipinski definition) is 4. The van der Waals surface area contributed by atoms with E-state index in [4.69, 9.17) is 9.50 Å². The van der Waals surface area contributed by atoms with Crippen LogP contribution in [0, 0.1) is 5.92 Å². The van der Waals surface area contributed by atoms with Gasteiger partial charge in [0.2, 0.25) is 0 Å². The highest BCUT2D eigenvalue weighted by Crippen LogP contribution is 2.62. The molecular weight excluding hydrogens is 365 g/mol. The van der Waals surface area contributed by atoms with Crippen LogP contribution in [0.25, 0.3) is 0 Å². The van der Waals surface area contributed by atoms with Gasteiger partial charge in [-0.05, 0) is 10.5 Å².